The van der Waals surface area contributed by atoms with Gasteiger partial charge in [0, 0.05) is 5.41 Å². The van der Waals surface area contributed by atoms with Gasteiger partial charge in [-0.05, 0) is 137 Å². The average molecular weight is 709 g/mol. The van der Waals surface area contributed by atoms with Gasteiger partial charge in [0.15, 0.2) is 0 Å². The van der Waals surface area contributed by atoms with E-state index in [1.54, 1.807) is 0 Å². The fourth-order valence-electron chi connectivity index (χ4n) is 9.83. The average Bonchev–Trinajstić information content (AvgIpc) is 3.55. The molecule has 8 aromatic rings. The normalized spacial score (nSPS) is 12.9. The third-order valence-corrected chi connectivity index (χ3v) is 12.4. The largest absolute Gasteiger partial charge is 0.192 e. The van der Waals surface area contributed by atoms with Crippen molar-refractivity contribution in [2.45, 2.75) is 70.6 Å². The van der Waals surface area contributed by atoms with Gasteiger partial charge >= 0.3 is 0 Å². The maximum absolute atomic E-state index is 9.48. The SMILES string of the molecule is CCCCCC1(CCCCC)c2c(c3ccccc3c3cc(-c4ccc(C#N)cc4)ccc23)-c2c1c1ccc(-c3ccc(C#N)cc3)cc1c1ccccc21. The molecule has 266 valence electrons. The zero-order valence-corrected chi connectivity index (χ0v) is 31.8. The van der Waals surface area contributed by atoms with Gasteiger partial charge in [-0.3, -0.25) is 0 Å². The standard InChI is InChI=1S/C53H44N2/c1-3-5-11-29-53(30-12-6-4-2)51-45-27-25-39(37-21-17-35(33-54)18-22-37)31-47(45)41-13-7-9-15-43(41)49(51)50-44-16-10-8-14-42(44)48-32-40(26-28-46(48)52(50)53)38-23-19-36(34-55)20-24-38/h7-10,13-28,31-32H,3-6,11-12,29-30H2,1-2H3. The third kappa shape index (κ3) is 5.60. The lowest BCUT2D eigenvalue weighted by atomic mass is 9.68. The minimum atomic E-state index is -0.161. The number of rotatable bonds is 10. The van der Waals surface area contributed by atoms with Crippen LogP contribution in [-0.4, -0.2) is 0 Å². The van der Waals surface area contributed by atoms with Gasteiger partial charge in [0.1, 0.15) is 0 Å². The number of fused-ring (bicyclic) bond motifs is 13. The van der Waals surface area contributed by atoms with Gasteiger partial charge in [0.2, 0.25) is 0 Å². The van der Waals surface area contributed by atoms with Crippen LogP contribution in [-0.2, 0) is 5.41 Å². The summed E-state index contributed by atoms with van der Waals surface area (Å²) >= 11 is 0. The minimum Gasteiger partial charge on any atom is -0.192 e. The van der Waals surface area contributed by atoms with Gasteiger partial charge in [-0.25, -0.2) is 0 Å². The molecular formula is C53H44N2. The molecule has 2 heteroatoms. The van der Waals surface area contributed by atoms with Gasteiger partial charge in [-0.15, -0.1) is 0 Å². The number of unbranched alkanes of at least 4 members (excludes halogenated alkanes) is 4. The quantitative estimate of drug-likeness (QED) is 0.105. The Morgan fingerprint density at radius 2 is 0.782 bits per heavy atom. The first-order valence-corrected chi connectivity index (χ1v) is 20.1. The number of nitrogens with zero attached hydrogens (tertiary/aromatic N) is 2. The first-order chi connectivity index (χ1) is 27.1. The van der Waals surface area contributed by atoms with Crippen LogP contribution in [0.25, 0.3) is 76.5 Å². The van der Waals surface area contributed by atoms with E-state index in [1.165, 1.54) is 115 Å². The summed E-state index contributed by atoms with van der Waals surface area (Å²) in [6, 6.07) is 53.0. The summed E-state index contributed by atoms with van der Waals surface area (Å²) in [7, 11) is 0. The van der Waals surface area contributed by atoms with Crippen LogP contribution >= 0.6 is 0 Å². The van der Waals surface area contributed by atoms with Crippen molar-refractivity contribution in [2.24, 2.45) is 0 Å². The number of hydrogen-bond donors (Lipinski definition) is 0. The lowest BCUT2D eigenvalue weighted by molar-refractivity contribution is 0.410. The number of nitriles is 2. The molecule has 0 heterocycles. The number of hydrogen-bond acceptors (Lipinski definition) is 2. The summed E-state index contributed by atoms with van der Waals surface area (Å²) in [5, 5.41) is 29.5. The van der Waals surface area contributed by atoms with Crippen LogP contribution in [0.3, 0.4) is 0 Å². The van der Waals surface area contributed by atoms with E-state index in [0.717, 1.165) is 24.0 Å². The first-order valence-electron chi connectivity index (χ1n) is 20.1. The molecule has 0 fully saturated rings. The topological polar surface area (TPSA) is 47.6 Å². The molecule has 8 aromatic carbocycles. The Balaban J connectivity index is 1.41. The maximum atomic E-state index is 9.48. The summed E-state index contributed by atoms with van der Waals surface area (Å²) in [4.78, 5) is 0. The van der Waals surface area contributed by atoms with Crippen molar-refractivity contribution in [3.63, 3.8) is 0 Å². The van der Waals surface area contributed by atoms with Crippen LogP contribution in [0.4, 0.5) is 0 Å². The molecule has 0 aliphatic heterocycles. The highest BCUT2D eigenvalue weighted by Crippen LogP contribution is 2.62. The van der Waals surface area contributed by atoms with E-state index in [2.05, 4.69) is 135 Å². The lowest BCUT2D eigenvalue weighted by Crippen LogP contribution is -2.26. The second-order valence-corrected chi connectivity index (χ2v) is 15.5. The van der Waals surface area contributed by atoms with E-state index in [9.17, 15) is 10.5 Å². The molecule has 0 atom stereocenters. The maximum Gasteiger partial charge on any atom is 0.0991 e. The van der Waals surface area contributed by atoms with Crippen molar-refractivity contribution in [1.82, 2.24) is 0 Å². The Morgan fingerprint density at radius 1 is 0.400 bits per heavy atom. The molecule has 1 aliphatic carbocycles. The predicted molar refractivity (Wildman–Crippen MR) is 231 cm³/mol. The Kier molecular flexibility index (Phi) is 8.92. The predicted octanol–water partition coefficient (Wildman–Crippen LogP) is 14.8. The zero-order chi connectivity index (χ0) is 37.5. The highest BCUT2D eigenvalue weighted by Gasteiger charge is 2.46. The Hall–Kier alpha value is -6.22. The van der Waals surface area contributed by atoms with Crippen molar-refractivity contribution < 1.29 is 0 Å². The van der Waals surface area contributed by atoms with Crippen molar-refractivity contribution in [3.8, 4) is 45.5 Å². The molecule has 0 bridgehead atoms. The van der Waals surface area contributed by atoms with E-state index < -0.39 is 0 Å². The minimum absolute atomic E-state index is 0.161. The van der Waals surface area contributed by atoms with Gasteiger partial charge in [-0.1, -0.05) is 149 Å². The molecular weight excluding hydrogens is 665 g/mol. The molecule has 0 radical (unpaired) electrons. The summed E-state index contributed by atoms with van der Waals surface area (Å²) in [5.74, 6) is 0. The van der Waals surface area contributed by atoms with Crippen molar-refractivity contribution in [2.75, 3.05) is 0 Å². The van der Waals surface area contributed by atoms with Crippen molar-refractivity contribution in [1.29, 1.82) is 10.5 Å². The first kappa shape index (κ1) is 34.5. The lowest BCUT2D eigenvalue weighted by Gasteiger charge is -2.35. The Bertz CT molecular complexity index is 2650. The Morgan fingerprint density at radius 3 is 1.16 bits per heavy atom. The highest BCUT2D eigenvalue weighted by atomic mass is 14.5. The van der Waals surface area contributed by atoms with Crippen LogP contribution in [0.2, 0.25) is 0 Å². The summed E-state index contributed by atoms with van der Waals surface area (Å²) < 4.78 is 0. The molecule has 55 heavy (non-hydrogen) atoms. The summed E-state index contributed by atoms with van der Waals surface area (Å²) in [6.45, 7) is 4.64. The van der Waals surface area contributed by atoms with E-state index >= 15 is 0 Å². The fourth-order valence-corrected chi connectivity index (χ4v) is 9.83. The van der Waals surface area contributed by atoms with Crippen LogP contribution < -0.4 is 0 Å². The van der Waals surface area contributed by atoms with Crippen LogP contribution in [0, 0.1) is 22.7 Å². The number of benzene rings is 8. The van der Waals surface area contributed by atoms with Crippen LogP contribution in [0.5, 0.6) is 0 Å². The molecule has 0 N–H and O–H groups in total. The molecule has 0 saturated carbocycles. The summed E-state index contributed by atoms with van der Waals surface area (Å²) in [5.41, 5.74) is 11.7. The van der Waals surface area contributed by atoms with E-state index in [0.29, 0.717) is 11.1 Å². The van der Waals surface area contributed by atoms with Crippen molar-refractivity contribution >= 4 is 43.1 Å². The van der Waals surface area contributed by atoms with E-state index in [-0.39, 0.29) is 5.41 Å². The smallest absolute Gasteiger partial charge is 0.0991 e. The van der Waals surface area contributed by atoms with Gasteiger partial charge < -0.3 is 0 Å². The molecule has 0 saturated heterocycles. The van der Waals surface area contributed by atoms with Gasteiger partial charge in [-0.2, -0.15) is 10.5 Å². The molecule has 2 nitrogen and oxygen atoms in total. The highest BCUT2D eigenvalue weighted by molar-refractivity contribution is 6.26. The monoisotopic (exact) mass is 708 g/mol. The molecule has 1 aliphatic rings. The Labute approximate surface area is 324 Å². The molecule has 0 aromatic heterocycles. The molecule has 0 spiro atoms. The summed E-state index contributed by atoms with van der Waals surface area (Å²) in [6.07, 6.45) is 9.37. The zero-order valence-electron chi connectivity index (χ0n) is 31.8. The third-order valence-electron chi connectivity index (χ3n) is 12.4. The van der Waals surface area contributed by atoms with Gasteiger partial charge in [0.05, 0.1) is 23.3 Å². The van der Waals surface area contributed by atoms with E-state index in [1.807, 2.05) is 24.3 Å². The van der Waals surface area contributed by atoms with Crippen molar-refractivity contribution in [3.05, 3.63) is 156 Å². The van der Waals surface area contributed by atoms with Crippen LogP contribution in [0.1, 0.15) is 87.5 Å². The molecule has 0 amide bonds. The molecule has 9 rings (SSSR count). The fraction of sp³-hybridized carbons (Fsp3) is 0.208. The van der Waals surface area contributed by atoms with Crippen LogP contribution in [0.15, 0.2) is 133 Å². The molecule has 0 unspecified atom stereocenters. The van der Waals surface area contributed by atoms with E-state index in [4.69, 9.17) is 0 Å². The van der Waals surface area contributed by atoms with Gasteiger partial charge in [0.25, 0.3) is 0 Å². The second-order valence-electron chi connectivity index (χ2n) is 15.5. The second kappa shape index (κ2) is 14.2.